The molecule has 1 nitrogen and oxygen atoms in total. The van der Waals surface area contributed by atoms with Crippen LogP contribution in [0.25, 0.3) is 0 Å². The van der Waals surface area contributed by atoms with E-state index in [4.69, 9.17) is 0 Å². The second-order valence-corrected chi connectivity index (χ2v) is 3.95. The number of hydrogen-bond donors (Lipinski definition) is 0. The van der Waals surface area contributed by atoms with Crippen molar-refractivity contribution in [3.05, 3.63) is 0 Å². The van der Waals surface area contributed by atoms with Gasteiger partial charge in [0.15, 0.2) is 0 Å². The second-order valence-electron chi connectivity index (χ2n) is 3.95. The Kier molecular flexibility index (Phi) is 6.90. The van der Waals surface area contributed by atoms with Crippen molar-refractivity contribution in [2.75, 3.05) is 13.0 Å². The van der Waals surface area contributed by atoms with Crippen LogP contribution in [0.15, 0.2) is 0 Å². The van der Waals surface area contributed by atoms with Crippen molar-refractivity contribution in [3.8, 4) is 0 Å². The number of halogens is 3. The van der Waals surface area contributed by atoms with Crippen molar-refractivity contribution in [2.24, 2.45) is 5.92 Å². The molecule has 1 saturated heterocycles. The first-order chi connectivity index (χ1) is 5.94. The van der Waals surface area contributed by atoms with Crippen molar-refractivity contribution >= 4 is 6.98 Å². The van der Waals surface area contributed by atoms with Crippen LogP contribution in [0.5, 0.6) is 0 Å². The first kappa shape index (κ1) is 15.5. The monoisotopic (exact) mass is 233 g/mol. The molecule has 0 aliphatic carbocycles. The zero-order valence-corrected chi connectivity index (χ0v) is 12.3. The van der Waals surface area contributed by atoms with Crippen molar-refractivity contribution in [2.45, 2.75) is 32.7 Å². The summed E-state index contributed by atoms with van der Waals surface area (Å²) in [4.78, 5) is 1.59. The third-order valence-corrected chi connectivity index (χ3v) is 2.86. The SMILES string of the molecule is CCC1C(C)CCN1C[B-](F)(F)F.[K+]. The van der Waals surface area contributed by atoms with Gasteiger partial charge in [-0.15, -0.1) is 0 Å². The molecule has 0 aromatic rings. The summed E-state index contributed by atoms with van der Waals surface area (Å²) >= 11 is 0. The van der Waals surface area contributed by atoms with Crippen LogP contribution >= 0.6 is 0 Å². The standard InChI is InChI=1S/C8H16BF3N.K/c1-3-8-7(2)4-5-13(8)6-9(10,11)12;/h7-8H,3-6H2,1-2H3;/q-1;+1. The Balaban J connectivity index is 0.00000169. The van der Waals surface area contributed by atoms with Crippen molar-refractivity contribution in [3.63, 3.8) is 0 Å². The molecular weight excluding hydrogens is 217 g/mol. The molecule has 6 heteroatoms. The molecule has 0 saturated carbocycles. The average Bonchev–Trinajstić information content (AvgIpc) is 2.28. The fourth-order valence-electron chi connectivity index (χ4n) is 2.24. The molecule has 2 unspecified atom stereocenters. The van der Waals surface area contributed by atoms with Crippen molar-refractivity contribution in [1.29, 1.82) is 0 Å². The van der Waals surface area contributed by atoms with Crippen LogP contribution in [-0.4, -0.2) is 30.9 Å². The van der Waals surface area contributed by atoms with Crippen LogP contribution in [0.4, 0.5) is 12.9 Å². The van der Waals surface area contributed by atoms with Gasteiger partial charge in [0.25, 0.3) is 0 Å². The Bertz CT molecular complexity index is 176. The third kappa shape index (κ3) is 4.53. The first-order valence-electron chi connectivity index (χ1n) is 4.89. The molecule has 0 spiro atoms. The quantitative estimate of drug-likeness (QED) is 0.594. The number of nitrogens with zero attached hydrogens (tertiary/aromatic N) is 1. The smallest absolute Gasteiger partial charge is 0.448 e. The minimum absolute atomic E-state index is 0. The van der Waals surface area contributed by atoms with Gasteiger partial charge in [0.05, 0.1) is 0 Å². The Morgan fingerprint density at radius 3 is 2.36 bits per heavy atom. The molecular formula is C8H16BF3KN. The fraction of sp³-hybridized carbons (Fsp3) is 1.00. The summed E-state index contributed by atoms with van der Waals surface area (Å²) in [7, 11) is 0. The predicted molar refractivity (Wildman–Crippen MR) is 48.5 cm³/mol. The normalized spacial score (nSPS) is 28.9. The maximum Gasteiger partial charge on any atom is 1.00 e. The maximum absolute atomic E-state index is 12.2. The summed E-state index contributed by atoms with van der Waals surface area (Å²) in [6.45, 7) is -0.0346. The predicted octanol–water partition coefficient (Wildman–Crippen LogP) is -0.503. The molecule has 1 rings (SSSR count). The van der Waals surface area contributed by atoms with Gasteiger partial charge in [-0.2, -0.15) is 0 Å². The summed E-state index contributed by atoms with van der Waals surface area (Å²) in [6.07, 6.45) is 1.06. The molecule has 0 amide bonds. The Morgan fingerprint density at radius 2 is 1.93 bits per heavy atom. The van der Waals surface area contributed by atoms with Gasteiger partial charge in [0.2, 0.25) is 0 Å². The Hall–Kier alpha value is 1.45. The molecule has 14 heavy (non-hydrogen) atoms. The van der Waals surface area contributed by atoms with E-state index in [1.165, 1.54) is 0 Å². The van der Waals surface area contributed by atoms with E-state index in [2.05, 4.69) is 0 Å². The molecule has 0 N–H and O–H groups in total. The molecule has 0 bridgehead atoms. The molecule has 1 aliphatic rings. The summed E-state index contributed by atoms with van der Waals surface area (Å²) in [5.41, 5.74) is 0. The van der Waals surface area contributed by atoms with Gasteiger partial charge >= 0.3 is 58.4 Å². The van der Waals surface area contributed by atoms with E-state index >= 15 is 0 Å². The van der Waals surface area contributed by atoms with Gasteiger partial charge in [-0.1, -0.05) is 13.8 Å². The summed E-state index contributed by atoms with van der Waals surface area (Å²) < 4.78 is 36.5. The van der Waals surface area contributed by atoms with Crippen LogP contribution in [-0.2, 0) is 0 Å². The van der Waals surface area contributed by atoms with Gasteiger partial charge in [-0.3, -0.25) is 0 Å². The summed E-state index contributed by atoms with van der Waals surface area (Å²) in [6, 6.07) is 0.142. The molecule has 0 radical (unpaired) electrons. The van der Waals surface area contributed by atoms with Crippen LogP contribution in [0.3, 0.4) is 0 Å². The summed E-state index contributed by atoms with van der Waals surface area (Å²) in [5.74, 6) is 0.420. The van der Waals surface area contributed by atoms with Crippen LogP contribution in [0.2, 0.25) is 0 Å². The van der Waals surface area contributed by atoms with Gasteiger partial charge < -0.3 is 17.8 Å². The molecule has 1 aliphatic heterocycles. The van der Waals surface area contributed by atoms with E-state index in [-0.39, 0.29) is 57.4 Å². The van der Waals surface area contributed by atoms with Gasteiger partial charge in [-0.05, 0) is 31.7 Å². The van der Waals surface area contributed by atoms with Gasteiger partial charge in [-0.25, -0.2) is 0 Å². The zero-order chi connectivity index (χ0) is 10.1. The fourth-order valence-corrected chi connectivity index (χ4v) is 2.24. The van der Waals surface area contributed by atoms with E-state index in [9.17, 15) is 12.9 Å². The molecule has 1 heterocycles. The minimum atomic E-state index is -4.65. The van der Waals surface area contributed by atoms with Gasteiger partial charge in [0, 0.05) is 6.04 Å². The van der Waals surface area contributed by atoms with E-state index < -0.39 is 13.4 Å². The zero-order valence-electron chi connectivity index (χ0n) is 9.14. The number of likely N-dealkylation sites (tertiary alicyclic amines) is 1. The topological polar surface area (TPSA) is 3.24 Å². The van der Waals surface area contributed by atoms with E-state index in [1.807, 2.05) is 13.8 Å². The van der Waals surface area contributed by atoms with Crippen LogP contribution in [0.1, 0.15) is 26.7 Å². The van der Waals surface area contributed by atoms with Crippen LogP contribution < -0.4 is 51.4 Å². The largest absolute Gasteiger partial charge is 1.00 e. The Labute approximate surface area is 126 Å². The molecule has 0 aromatic carbocycles. The first-order valence-corrected chi connectivity index (χ1v) is 4.89. The third-order valence-electron chi connectivity index (χ3n) is 2.86. The maximum atomic E-state index is 12.2. The number of rotatable bonds is 3. The molecule has 0 aromatic heterocycles. The number of hydrogen-bond acceptors (Lipinski definition) is 1. The summed E-state index contributed by atoms with van der Waals surface area (Å²) in [5, 5.41) is 0. The average molecular weight is 233 g/mol. The van der Waals surface area contributed by atoms with Gasteiger partial charge in [0.1, 0.15) is 0 Å². The minimum Gasteiger partial charge on any atom is -0.448 e. The van der Waals surface area contributed by atoms with E-state index in [0.717, 1.165) is 12.8 Å². The van der Waals surface area contributed by atoms with E-state index in [1.54, 1.807) is 4.90 Å². The molecule has 2 atom stereocenters. The van der Waals surface area contributed by atoms with E-state index in [0.29, 0.717) is 12.5 Å². The van der Waals surface area contributed by atoms with Crippen molar-refractivity contribution < 1.29 is 64.3 Å². The second kappa shape index (κ2) is 6.25. The Morgan fingerprint density at radius 1 is 1.36 bits per heavy atom. The van der Waals surface area contributed by atoms with Crippen molar-refractivity contribution in [1.82, 2.24) is 4.90 Å². The van der Waals surface area contributed by atoms with Crippen LogP contribution in [0, 0.1) is 5.92 Å². The molecule has 78 valence electrons. The molecule has 1 fully saturated rings.